The Morgan fingerprint density at radius 3 is 2.17 bits per heavy atom. The van der Waals surface area contributed by atoms with E-state index >= 15 is 0 Å². The number of carbonyl (C=O) groups excluding carboxylic acids is 2. The molecule has 4 nitrogen and oxygen atoms in total. The van der Waals surface area contributed by atoms with Crippen LogP contribution in [0.5, 0.6) is 0 Å². The molecule has 0 aliphatic heterocycles. The number of rotatable bonds is 6. The molecule has 0 fully saturated rings. The smallest absolute Gasteiger partial charge is 0.310 e. The van der Waals surface area contributed by atoms with Gasteiger partial charge in [-0.1, -0.05) is 91.0 Å². The molecule has 0 bridgehead atoms. The van der Waals surface area contributed by atoms with Crippen molar-refractivity contribution < 1.29 is 14.3 Å². The Hall–Kier alpha value is -3.92. The Morgan fingerprint density at radius 2 is 1.37 bits per heavy atom. The van der Waals surface area contributed by atoms with Crippen molar-refractivity contribution in [3.63, 3.8) is 0 Å². The van der Waals surface area contributed by atoms with E-state index in [9.17, 15) is 9.59 Å². The average molecular weight is 395 g/mol. The van der Waals surface area contributed by atoms with Crippen molar-refractivity contribution >= 4 is 28.3 Å². The van der Waals surface area contributed by atoms with Gasteiger partial charge in [-0.05, 0) is 28.1 Å². The van der Waals surface area contributed by atoms with Crippen molar-refractivity contribution in [1.29, 1.82) is 0 Å². The Morgan fingerprint density at radius 1 is 0.700 bits per heavy atom. The molecule has 1 amide bonds. The number of nitrogens with one attached hydrogen (secondary N) is 1. The van der Waals surface area contributed by atoms with E-state index in [-0.39, 0.29) is 18.9 Å². The van der Waals surface area contributed by atoms with Crippen LogP contribution in [0.4, 0.5) is 5.69 Å². The maximum atomic E-state index is 12.2. The maximum Gasteiger partial charge on any atom is 0.310 e. The molecule has 0 radical (unpaired) electrons. The van der Waals surface area contributed by atoms with Crippen molar-refractivity contribution in [3.8, 4) is 11.1 Å². The first-order valence-corrected chi connectivity index (χ1v) is 9.77. The lowest BCUT2D eigenvalue weighted by Gasteiger charge is -2.09. The molecule has 0 aliphatic carbocycles. The molecule has 0 atom stereocenters. The minimum Gasteiger partial charge on any atom is -0.455 e. The molecular formula is C26H21NO3. The number of benzene rings is 4. The van der Waals surface area contributed by atoms with Crippen LogP contribution in [0, 0.1) is 0 Å². The summed E-state index contributed by atoms with van der Waals surface area (Å²) in [6.07, 6.45) is 0.122. The first kappa shape index (κ1) is 19.4. The summed E-state index contributed by atoms with van der Waals surface area (Å²) in [5.74, 6) is -0.797. The van der Waals surface area contributed by atoms with Crippen LogP contribution < -0.4 is 5.32 Å². The van der Waals surface area contributed by atoms with E-state index in [0.29, 0.717) is 5.69 Å². The molecule has 0 aromatic heterocycles. The van der Waals surface area contributed by atoms with Crippen LogP contribution in [0.2, 0.25) is 0 Å². The van der Waals surface area contributed by atoms with Gasteiger partial charge in [-0.15, -0.1) is 0 Å². The summed E-state index contributed by atoms with van der Waals surface area (Å²) >= 11 is 0. The maximum absolute atomic E-state index is 12.2. The van der Waals surface area contributed by atoms with E-state index < -0.39 is 5.97 Å². The van der Waals surface area contributed by atoms with Crippen LogP contribution in [0.3, 0.4) is 0 Å². The fraction of sp³-hybridized carbons (Fsp3) is 0.0769. The van der Waals surface area contributed by atoms with E-state index in [1.165, 1.54) is 0 Å². The third-order valence-electron chi connectivity index (χ3n) is 4.84. The first-order chi connectivity index (χ1) is 14.7. The third-order valence-corrected chi connectivity index (χ3v) is 4.84. The van der Waals surface area contributed by atoms with Crippen LogP contribution in [0.15, 0.2) is 97.1 Å². The van der Waals surface area contributed by atoms with Gasteiger partial charge in [0.05, 0.1) is 6.42 Å². The second-order valence-corrected chi connectivity index (χ2v) is 6.98. The van der Waals surface area contributed by atoms with Gasteiger partial charge in [-0.25, -0.2) is 0 Å². The highest BCUT2D eigenvalue weighted by atomic mass is 16.5. The minimum atomic E-state index is -0.435. The van der Waals surface area contributed by atoms with Gasteiger partial charge >= 0.3 is 5.97 Å². The number of amides is 1. The molecule has 30 heavy (non-hydrogen) atoms. The summed E-state index contributed by atoms with van der Waals surface area (Å²) in [6, 6.07) is 31.3. The second kappa shape index (κ2) is 9.05. The third kappa shape index (κ3) is 4.73. The highest BCUT2D eigenvalue weighted by molar-refractivity contribution is 6.02. The van der Waals surface area contributed by atoms with E-state index in [0.717, 1.165) is 27.5 Å². The molecule has 0 saturated heterocycles. The highest BCUT2D eigenvalue weighted by Crippen LogP contribution is 2.23. The zero-order valence-corrected chi connectivity index (χ0v) is 16.4. The lowest BCUT2D eigenvalue weighted by Crippen LogP contribution is -2.21. The second-order valence-electron chi connectivity index (χ2n) is 6.98. The van der Waals surface area contributed by atoms with Crippen LogP contribution in [0.25, 0.3) is 21.9 Å². The number of fused-ring (bicyclic) bond motifs is 1. The van der Waals surface area contributed by atoms with Gasteiger partial charge in [0.15, 0.2) is 6.61 Å². The molecule has 4 heteroatoms. The summed E-state index contributed by atoms with van der Waals surface area (Å²) in [5, 5.41) is 4.79. The van der Waals surface area contributed by atoms with Gasteiger partial charge < -0.3 is 10.1 Å². The largest absolute Gasteiger partial charge is 0.455 e. The Labute approximate surface area is 175 Å². The summed E-state index contributed by atoms with van der Waals surface area (Å²) in [5.41, 5.74) is 3.75. The summed E-state index contributed by atoms with van der Waals surface area (Å²) < 4.78 is 5.16. The standard InChI is InChI=1S/C26H21NO3/c28-25(27-24-12-6-10-22-9-4-5-11-23(22)24)18-30-26(29)17-19-13-15-21(16-14-19)20-7-2-1-3-8-20/h1-16H,17-18H2,(H,27,28). The van der Waals surface area contributed by atoms with Crippen molar-refractivity contribution in [2.24, 2.45) is 0 Å². The zero-order chi connectivity index (χ0) is 20.8. The molecular weight excluding hydrogens is 374 g/mol. The predicted octanol–water partition coefficient (Wildman–Crippen LogP) is 5.23. The van der Waals surface area contributed by atoms with Gasteiger partial charge in [0, 0.05) is 11.1 Å². The van der Waals surface area contributed by atoms with Crippen LogP contribution >= 0.6 is 0 Å². The number of hydrogen-bond donors (Lipinski definition) is 1. The van der Waals surface area contributed by atoms with Gasteiger partial charge in [0.2, 0.25) is 0 Å². The normalized spacial score (nSPS) is 10.5. The topological polar surface area (TPSA) is 55.4 Å². The van der Waals surface area contributed by atoms with E-state index in [1.54, 1.807) is 0 Å². The predicted molar refractivity (Wildman–Crippen MR) is 119 cm³/mol. The number of anilines is 1. The number of esters is 1. The van der Waals surface area contributed by atoms with Crippen molar-refractivity contribution in [2.75, 3.05) is 11.9 Å². The SMILES string of the molecule is O=C(COC(=O)Cc1ccc(-c2ccccc2)cc1)Nc1cccc2ccccc12. The number of carbonyl (C=O) groups is 2. The fourth-order valence-electron chi connectivity index (χ4n) is 3.33. The Kier molecular flexibility index (Phi) is 5.85. The van der Waals surface area contributed by atoms with Crippen LogP contribution in [0.1, 0.15) is 5.56 Å². The number of ether oxygens (including phenoxy) is 1. The molecule has 0 spiro atoms. The van der Waals surface area contributed by atoms with E-state index in [2.05, 4.69) is 5.32 Å². The molecule has 4 aromatic carbocycles. The molecule has 0 saturated carbocycles. The zero-order valence-electron chi connectivity index (χ0n) is 16.4. The van der Waals surface area contributed by atoms with Crippen LogP contribution in [-0.4, -0.2) is 18.5 Å². The molecule has 0 heterocycles. The minimum absolute atomic E-state index is 0.122. The van der Waals surface area contributed by atoms with Crippen molar-refractivity contribution in [2.45, 2.75) is 6.42 Å². The first-order valence-electron chi connectivity index (χ1n) is 9.77. The Balaban J connectivity index is 1.31. The summed E-state index contributed by atoms with van der Waals surface area (Å²) in [4.78, 5) is 24.4. The summed E-state index contributed by atoms with van der Waals surface area (Å²) in [7, 11) is 0. The molecule has 148 valence electrons. The molecule has 0 aliphatic rings. The van der Waals surface area contributed by atoms with Gasteiger partial charge in [0.25, 0.3) is 5.91 Å². The monoisotopic (exact) mass is 395 g/mol. The van der Waals surface area contributed by atoms with Crippen molar-refractivity contribution in [3.05, 3.63) is 103 Å². The van der Waals surface area contributed by atoms with Gasteiger partial charge in [-0.3, -0.25) is 9.59 Å². The lowest BCUT2D eigenvalue weighted by atomic mass is 10.0. The molecule has 1 N–H and O–H groups in total. The van der Waals surface area contributed by atoms with Gasteiger partial charge in [0.1, 0.15) is 0 Å². The lowest BCUT2D eigenvalue weighted by molar-refractivity contribution is -0.146. The average Bonchev–Trinajstić information content (AvgIpc) is 2.79. The molecule has 4 rings (SSSR count). The van der Waals surface area contributed by atoms with Gasteiger partial charge in [-0.2, -0.15) is 0 Å². The molecule has 4 aromatic rings. The van der Waals surface area contributed by atoms with E-state index in [1.807, 2.05) is 97.1 Å². The molecule has 0 unspecified atom stereocenters. The highest BCUT2D eigenvalue weighted by Gasteiger charge is 2.10. The van der Waals surface area contributed by atoms with Crippen molar-refractivity contribution in [1.82, 2.24) is 0 Å². The Bertz CT molecular complexity index is 1160. The number of hydrogen-bond acceptors (Lipinski definition) is 3. The summed E-state index contributed by atoms with van der Waals surface area (Å²) in [6.45, 7) is -0.315. The fourth-order valence-corrected chi connectivity index (χ4v) is 3.33. The van der Waals surface area contributed by atoms with E-state index in [4.69, 9.17) is 4.74 Å². The quantitative estimate of drug-likeness (QED) is 0.455. The van der Waals surface area contributed by atoms with Crippen LogP contribution in [-0.2, 0) is 20.7 Å².